The van der Waals surface area contributed by atoms with E-state index in [1.54, 1.807) is 4.31 Å². The summed E-state index contributed by atoms with van der Waals surface area (Å²) in [5, 5.41) is 0. The Morgan fingerprint density at radius 1 is 1.40 bits per heavy atom. The average molecular weight is 235 g/mol. The smallest absolute Gasteiger partial charge is 0.214 e. The molecule has 0 unspecified atom stereocenters. The Kier molecular flexibility index (Phi) is 4.14. The van der Waals surface area contributed by atoms with Crippen molar-refractivity contribution < 1.29 is 13.2 Å². The van der Waals surface area contributed by atoms with Gasteiger partial charge in [-0.1, -0.05) is 13.8 Å². The van der Waals surface area contributed by atoms with Gasteiger partial charge in [0.2, 0.25) is 10.0 Å². The number of rotatable bonds is 3. The molecule has 0 aromatic carbocycles. The highest BCUT2D eigenvalue weighted by molar-refractivity contribution is 7.89. The van der Waals surface area contributed by atoms with Crippen LogP contribution in [0.1, 0.15) is 27.7 Å². The third kappa shape index (κ3) is 3.43. The Balaban J connectivity index is 2.76. The van der Waals surface area contributed by atoms with E-state index in [0.29, 0.717) is 13.2 Å². The van der Waals surface area contributed by atoms with Crippen molar-refractivity contribution in [2.45, 2.75) is 39.8 Å². The van der Waals surface area contributed by atoms with Gasteiger partial charge in [0.05, 0.1) is 18.5 Å². The quantitative estimate of drug-likeness (QED) is 0.735. The van der Waals surface area contributed by atoms with Crippen LogP contribution in [0.25, 0.3) is 0 Å². The Hall–Kier alpha value is -0.130. The van der Waals surface area contributed by atoms with Gasteiger partial charge in [0.25, 0.3) is 0 Å². The van der Waals surface area contributed by atoms with Gasteiger partial charge in [-0.2, -0.15) is 4.31 Å². The van der Waals surface area contributed by atoms with Crippen molar-refractivity contribution in [3.8, 4) is 0 Å². The van der Waals surface area contributed by atoms with Crippen molar-refractivity contribution in [3.05, 3.63) is 0 Å². The summed E-state index contributed by atoms with van der Waals surface area (Å²) in [6.07, 6.45) is 0.00290. The Morgan fingerprint density at radius 3 is 2.53 bits per heavy atom. The van der Waals surface area contributed by atoms with E-state index >= 15 is 0 Å². The molecule has 0 aliphatic carbocycles. The number of hydrogen-bond donors (Lipinski definition) is 0. The number of sulfonamides is 1. The maximum absolute atomic E-state index is 12.0. The Bertz CT molecular complexity index is 300. The van der Waals surface area contributed by atoms with Gasteiger partial charge in [0.15, 0.2) is 0 Å². The second kappa shape index (κ2) is 4.80. The zero-order valence-electron chi connectivity index (χ0n) is 9.93. The van der Waals surface area contributed by atoms with Crippen LogP contribution in [-0.2, 0) is 14.8 Å². The van der Waals surface area contributed by atoms with E-state index in [9.17, 15) is 8.42 Å². The van der Waals surface area contributed by atoms with Crippen LogP contribution in [0.5, 0.6) is 0 Å². The molecule has 1 saturated heterocycles. The molecule has 1 aliphatic heterocycles. The van der Waals surface area contributed by atoms with E-state index in [2.05, 4.69) is 0 Å². The Labute approximate surface area is 92.7 Å². The lowest BCUT2D eigenvalue weighted by atomic mass is 10.2. The highest BCUT2D eigenvalue weighted by Crippen LogP contribution is 2.17. The number of nitrogens with zero attached hydrogens (tertiary/aromatic N) is 1. The topological polar surface area (TPSA) is 46.6 Å². The van der Waals surface area contributed by atoms with Crippen LogP contribution < -0.4 is 0 Å². The average Bonchev–Trinajstić information content (AvgIpc) is 2.06. The minimum atomic E-state index is -3.11. The van der Waals surface area contributed by atoms with E-state index in [1.165, 1.54) is 0 Å². The van der Waals surface area contributed by atoms with Crippen LogP contribution >= 0.6 is 0 Å². The molecule has 1 aliphatic rings. The fraction of sp³-hybridized carbons (Fsp3) is 1.00. The van der Waals surface area contributed by atoms with E-state index in [1.807, 2.05) is 27.7 Å². The first kappa shape index (κ1) is 12.9. The van der Waals surface area contributed by atoms with Gasteiger partial charge in [-0.15, -0.1) is 0 Å². The predicted molar refractivity (Wildman–Crippen MR) is 60.2 cm³/mol. The highest BCUT2D eigenvalue weighted by atomic mass is 32.2. The molecule has 1 rings (SSSR count). The second-order valence-electron chi connectivity index (χ2n) is 4.74. The van der Waals surface area contributed by atoms with Gasteiger partial charge >= 0.3 is 0 Å². The van der Waals surface area contributed by atoms with Gasteiger partial charge in [-0.3, -0.25) is 0 Å². The van der Waals surface area contributed by atoms with Gasteiger partial charge in [0.1, 0.15) is 0 Å². The SMILES string of the molecule is CC(C)CS(=O)(=O)N1C[C@H](C)OC[C@@H]1C. The lowest BCUT2D eigenvalue weighted by molar-refractivity contribution is -0.0171. The molecule has 0 spiro atoms. The molecule has 0 aromatic heterocycles. The monoisotopic (exact) mass is 235 g/mol. The lowest BCUT2D eigenvalue weighted by Crippen LogP contribution is -2.51. The summed E-state index contributed by atoms with van der Waals surface area (Å²) in [6.45, 7) is 8.63. The molecule has 90 valence electrons. The number of morpholine rings is 1. The van der Waals surface area contributed by atoms with Crippen LogP contribution in [0, 0.1) is 5.92 Å². The maximum Gasteiger partial charge on any atom is 0.214 e. The predicted octanol–water partition coefficient (Wildman–Crippen LogP) is 1.08. The molecule has 0 bridgehead atoms. The summed E-state index contributed by atoms with van der Waals surface area (Å²) in [5.41, 5.74) is 0. The number of hydrogen-bond acceptors (Lipinski definition) is 3. The molecule has 0 aromatic rings. The van der Waals surface area contributed by atoms with Gasteiger partial charge in [-0.25, -0.2) is 8.42 Å². The molecule has 0 N–H and O–H groups in total. The van der Waals surface area contributed by atoms with E-state index in [-0.39, 0.29) is 23.8 Å². The molecule has 15 heavy (non-hydrogen) atoms. The van der Waals surface area contributed by atoms with E-state index in [0.717, 1.165) is 0 Å². The van der Waals surface area contributed by atoms with Crippen molar-refractivity contribution in [1.82, 2.24) is 4.31 Å². The molecule has 0 amide bonds. The van der Waals surface area contributed by atoms with Crippen LogP contribution in [0.2, 0.25) is 0 Å². The Morgan fingerprint density at radius 2 is 2.00 bits per heavy atom. The molecule has 5 heteroatoms. The summed E-state index contributed by atoms with van der Waals surface area (Å²) < 4.78 is 31.0. The van der Waals surface area contributed by atoms with E-state index in [4.69, 9.17) is 4.74 Å². The van der Waals surface area contributed by atoms with Crippen molar-refractivity contribution in [2.75, 3.05) is 18.9 Å². The molecule has 4 nitrogen and oxygen atoms in total. The van der Waals surface area contributed by atoms with Crippen LogP contribution in [-0.4, -0.2) is 43.8 Å². The first-order valence-electron chi connectivity index (χ1n) is 5.44. The van der Waals surface area contributed by atoms with Gasteiger partial charge < -0.3 is 4.74 Å². The minimum absolute atomic E-state index is 0.00290. The third-order valence-electron chi connectivity index (χ3n) is 2.45. The van der Waals surface area contributed by atoms with Gasteiger partial charge in [0, 0.05) is 12.6 Å². The van der Waals surface area contributed by atoms with Crippen molar-refractivity contribution in [2.24, 2.45) is 5.92 Å². The zero-order valence-corrected chi connectivity index (χ0v) is 10.8. The molecule has 0 radical (unpaired) electrons. The summed E-state index contributed by atoms with van der Waals surface area (Å²) in [5.74, 6) is 0.393. The first-order valence-corrected chi connectivity index (χ1v) is 7.05. The van der Waals surface area contributed by atoms with Crippen molar-refractivity contribution >= 4 is 10.0 Å². The fourth-order valence-electron chi connectivity index (χ4n) is 1.78. The second-order valence-corrected chi connectivity index (χ2v) is 6.70. The maximum atomic E-state index is 12.0. The molecule has 1 heterocycles. The standard InChI is InChI=1S/C10H21NO3S/c1-8(2)7-15(12,13)11-5-10(4)14-6-9(11)3/h8-10H,5-7H2,1-4H3/t9-,10-/m0/s1. The molecular weight excluding hydrogens is 214 g/mol. The molecular formula is C10H21NO3S. The molecule has 1 fully saturated rings. The fourth-order valence-corrected chi connectivity index (χ4v) is 3.86. The van der Waals surface area contributed by atoms with Crippen LogP contribution in [0.15, 0.2) is 0 Å². The van der Waals surface area contributed by atoms with Crippen molar-refractivity contribution in [1.29, 1.82) is 0 Å². The van der Waals surface area contributed by atoms with Gasteiger partial charge in [-0.05, 0) is 19.8 Å². The largest absolute Gasteiger partial charge is 0.375 e. The normalized spacial score (nSPS) is 29.7. The summed E-state index contributed by atoms with van der Waals surface area (Å²) in [7, 11) is -3.11. The summed E-state index contributed by atoms with van der Waals surface area (Å²) in [6, 6.07) is -0.0371. The zero-order chi connectivity index (χ0) is 11.6. The van der Waals surface area contributed by atoms with Crippen LogP contribution in [0.4, 0.5) is 0 Å². The molecule has 0 saturated carbocycles. The first-order chi connectivity index (χ1) is 6.83. The lowest BCUT2D eigenvalue weighted by Gasteiger charge is -2.36. The summed E-state index contributed by atoms with van der Waals surface area (Å²) >= 11 is 0. The van der Waals surface area contributed by atoms with Crippen molar-refractivity contribution in [3.63, 3.8) is 0 Å². The van der Waals surface area contributed by atoms with Crippen LogP contribution in [0.3, 0.4) is 0 Å². The molecule has 2 atom stereocenters. The van der Waals surface area contributed by atoms with E-state index < -0.39 is 10.0 Å². The third-order valence-corrected chi connectivity index (χ3v) is 4.76. The highest BCUT2D eigenvalue weighted by Gasteiger charge is 2.32. The summed E-state index contributed by atoms with van der Waals surface area (Å²) in [4.78, 5) is 0. The number of ether oxygens (including phenoxy) is 1. The minimum Gasteiger partial charge on any atom is -0.375 e.